The van der Waals surface area contributed by atoms with Crippen LogP contribution in [-0.2, 0) is 9.59 Å². The zero-order chi connectivity index (χ0) is 15.5. The highest BCUT2D eigenvalue weighted by molar-refractivity contribution is 5.95. The molecule has 0 aromatic heterocycles. The van der Waals surface area contributed by atoms with Crippen LogP contribution in [0, 0.1) is 0 Å². The molecule has 21 heavy (non-hydrogen) atoms. The minimum atomic E-state index is -1.13. The monoisotopic (exact) mass is 289 g/mol. The van der Waals surface area contributed by atoms with Gasteiger partial charge in [-0.1, -0.05) is 12.1 Å². The zero-order valence-electron chi connectivity index (χ0n) is 12.0. The van der Waals surface area contributed by atoms with Crippen LogP contribution < -0.4 is 0 Å². The molecular weight excluding hydrogens is 270 g/mol. The van der Waals surface area contributed by atoms with Crippen molar-refractivity contribution in [2.75, 3.05) is 6.54 Å². The highest BCUT2D eigenvalue weighted by Crippen LogP contribution is 2.28. The SMILES string of the molecule is CC1(C(=O)O)CCCCN1C(=O)/C=C/c1ccc(O)cc1. The Kier molecular flexibility index (Phi) is 4.31. The van der Waals surface area contributed by atoms with Crippen molar-refractivity contribution in [1.82, 2.24) is 4.90 Å². The van der Waals surface area contributed by atoms with Crippen molar-refractivity contribution in [2.24, 2.45) is 0 Å². The van der Waals surface area contributed by atoms with Gasteiger partial charge in [0.2, 0.25) is 5.91 Å². The quantitative estimate of drug-likeness (QED) is 0.837. The number of aliphatic carboxylic acids is 1. The molecule has 0 spiro atoms. The van der Waals surface area contributed by atoms with Crippen molar-refractivity contribution in [2.45, 2.75) is 31.7 Å². The molecule has 1 atom stereocenters. The molecule has 1 amide bonds. The maximum Gasteiger partial charge on any atom is 0.329 e. The molecule has 2 rings (SSSR count). The summed E-state index contributed by atoms with van der Waals surface area (Å²) in [7, 11) is 0. The highest BCUT2D eigenvalue weighted by Gasteiger charge is 2.43. The number of likely N-dealkylation sites (tertiary alicyclic amines) is 1. The van der Waals surface area contributed by atoms with Gasteiger partial charge in [-0.2, -0.15) is 0 Å². The van der Waals surface area contributed by atoms with Gasteiger partial charge in [0.1, 0.15) is 11.3 Å². The standard InChI is InChI=1S/C16H19NO4/c1-16(15(20)21)10-2-3-11-17(16)14(19)9-6-12-4-7-13(18)8-5-12/h4-9,18H,2-3,10-11H2,1H3,(H,20,21)/b9-6+. The minimum absolute atomic E-state index is 0.160. The number of aromatic hydroxyl groups is 1. The number of piperidine rings is 1. The maximum absolute atomic E-state index is 12.3. The molecule has 1 unspecified atom stereocenters. The Morgan fingerprint density at radius 1 is 1.24 bits per heavy atom. The molecule has 1 aliphatic rings. The van der Waals surface area contributed by atoms with E-state index in [9.17, 15) is 19.8 Å². The van der Waals surface area contributed by atoms with E-state index in [1.807, 2.05) is 0 Å². The Balaban J connectivity index is 2.14. The average molecular weight is 289 g/mol. The van der Waals surface area contributed by atoms with Crippen molar-refractivity contribution < 1.29 is 19.8 Å². The summed E-state index contributed by atoms with van der Waals surface area (Å²) in [5.74, 6) is -1.10. The lowest BCUT2D eigenvalue weighted by Gasteiger charge is -2.41. The van der Waals surface area contributed by atoms with Crippen LogP contribution in [-0.4, -0.2) is 39.1 Å². The van der Waals surface area contributed by atoms with E-state index in [4.69, 9.17) is 0 Å². The van der Waals surface area contributed by atoms with Crippen molar-refractivity contribution in [3.05, 3.63) is 35.9 Å². The predicted octanol–water partition coefficient (Wildman–Crippen LogP) is 2.26. The summed E-state index contributed by atoms with van der Waals surface area (Å²) in [5.41, 5.74) is -0.357. The molecule has 5 heteroatoms. The fourth-order valence-corrected chi connectivity index (χ4v) is 2.54. The smallest absolute Gasteiger partial charge is 0.329 e. The molecule has 1 aromatic carbocycles. The Labute approximate surface area is 123 Å². The van der Waals surface area contributed by atoms with Gasteiger partial charge in [-0.3, -0.25) is 4.79 Å². The van der Waals surface area contributed by atoms with Crippen molar-refractivity contribution in [3.63, 3.8) is 0 Å². The molecule has 5 nitrogen and oxygen atoms in total. The Morgan fingerprint density at radius 2 is 1.90 bits per heavy atom. The number of hydrogen-bond donors (Lipinski definition) is 2. The zero-order valence-corrected chi connectivity index (χ0v) is 12.0. The van der Waals surface area contributed by atoms with Crippen LogP contribution in [0.3, 0.4) is 0 Å². The summed E-state index contributed by atoms with van der Waals surface area (Å²) < 4.78 is 0. The average Bonchev–Trinajstić information content (AvgIpc) is 2.46. The normalized spacial score (nSPS) is 22.4. The first-order valence-electron chi connectivity index (χ1n) is 6.95. The number of benzene rings is 1. The highest BCUT2D eigenvalue weighted by atomic mass is 16.4. The number of amides is 1. The number of phenols is 1. The largest absolute Gasteiger partial charge is 0.508 e. The summed E-state index contributed by atoms with van der Waals surface area (Å²) in [6.45, 7) is 2.06. The van der Waals surface area contributed by atoms with E-state index in [0.717, 1.165) is 18.4 Å². The number of carbonyl (C=O) groups is 2. The van der Waals surface area contributed by atoms with Crippen LogP contribution in [0.1, 0.15) is 31.7 Å². The van der Waals surface area contributed by atoms with Gasteiger partial charge >= 0.3 is 5.97 Å². The third-order valence-electron chi connectivity index (χ3n) is 3.93. The van der Waals surface area contributed by atoms with Gasteiger partial charge in [0.15, 0.2) is 0 Å². The van der Waals surface area contributed by atoms with E-state index in [0.29, 0.717) is 13.0 Å². The summed E-state index contributed by atoms with van der Waals surface area (Å²) >= 11 is 0. The topological polar surface area (TPSA) is 77.8 Å². The van der Waals surface area contributed by atoms with E-state index in [1.165, 1.54) is 23.1 Å². The second kappa shape index (κ2) is 5.99. The van der Waals surface area contributed by atoms with Crippen LogP contribution in [0.25, 0.3) is 6.08 Å². The van der Waals surface area contributed by atoms with Gasteiger partial charge in [0.25, 0.3) is 0 Å². The van der Waals surface area contributed by atoms with E-state index >= 15 is 0 Å². The van der Waals surface area contributed by atoms with Crippen molar-refractivity contribution >= 4 is 18.0 Å². The van der Waals surface area contributed by atoms with Gasteiger partial charge in [-0.05, 0) is 50.0 Å². The lowest BCUT2D eigenvalue weighted by Crippen LogP contribution is -2.57. The fraction of sp³-hybridized carbons (Fsp3) is 0.375. The van der Waals surface area contributed by atoms with E-state index < -0.39 is 11.5 Å². The third-order valence-corrected chi connectivity index (χ3v) is 3.93. The number of nitrogens with zero attached hydrogens (tertiary/aromatic N) is 1. The Morgan fingerprint density at radius 3 is 2.52 bits per heavy atom. The second-order valence-electron chi connectivity index (χ2n) is 5.45. The number of carboxylic acids is 1. The maximum atomic E-state index is 12.3. The van der Waals surface area contributed by atoms with Crippen LogP contribution >= 0.6 is 0 Å². The summed E-state index contributed by atoms with van der Waals surface area (Å²) in [6.07, 6.45) is 5.12. The molecule has 1 aromatic rings. The van der Waals surface area contributed by atoms with Crippen LogP contribution in [0.15, 0.2) is 30.3 Å². The molecule has 0 bridgehead atoms. The lowest BCUT2D eigenvalue weighted by molar-refractivity contribution is -0.158. The van der Waals surface area contributed by atoms with E-state index in [2.05, 4.69) is 0 Å². The number of carboxylic acid groups (broad SMARTS) is 1. The van der Waals surface area contributed by atoms with E-state index in [1.54, 1.807) is 25.1 Å². The van der Waals surface area contributed by atoms with Gasteiger partial charge < -0.3 is 15.1 Å². The molecule has 0 aliphatic carbocycles. The first kappa shape index (κ1) is 15.1. The van der Waals surface area contributed by atoms with Gasteiger partial charge in [0.05, 0.1) is 0 Å². The number of hydrogen-bond acceptors (Lipinski definition) is 3. The third kappa shape index (κ3) is 3.24. The molecule has 1 fully saturated rings. The van der Waals surface area contributed by atoms with Crippen LogP contribution in [0.4, 0.5) is 0 Å². The minimum Gasteiger partial charge on any atom is -0.508 e. The summed E-state index contributed by atoms with van der Waals surface area (Å²) in [6, 6.07) is 6.44. The lowest BCUT2D eigenvalue weighted by atomic mass is 9.88. The number of carbonyl (C=O) groups excluding carboxylic acids is 1. The van der Waals surface area contributed by atoms with Gasteiger partial charge in [-0.25, -0.2) is 4.79 Å². The molecule has 112 valence electrons. The molecule has 0 radical (unpaired) electrons. The van der Waals surface area contributed by atoms with Crippen molar-refractivity contribution in [3.8, 4) is 5.75 Å². The first-order chi connectivity index (χ1) is 9.93. The Hall–Kier alpha value is -2.30. The molecule has 1 saturated heterocycles. The van der Waals surface area contributed by atoms with Crippen LogP contribution in [0.5, 0.6) is 5.75 Å². The molecule has 1 aliphatic heterocycles. The second-order valence-corrected chi connectivity index (χ2v) is 5.45. The first-order valence-corrected chi connectivity index (χ1v) is 6.95. The molecular formula is C16H19NO4. The van der Waals surface area contributed by atoms with Crippen molar-refractivity contribution in [1.29, 1.82) is 0 Å². The predicted molar refractivity (Wildman–Crippen MR) is 78.7 cm³/mol. The van der Waals surface area contributed by atoms with Gasteiger partial charge in [-0.15, -0.1) is 0 Å². The Bertz CT molecular complexity index is 564. The number of phenolic OH excluding ortho intramolecular Hbond substituents is 1. The molecule has 2 N–H and O–H groups in total. The number of rotatable bonds is 3. The summed E-state index contributed by atoms with van der Waals surface area (Å²) in [4.78, 5) is 25.2. The molecule has 0 saturated carbocycles. The molecule has 1 heterocycles. The van der Waals surface area contributed by atoms with E-state index in [-0.39, 0.29) is 11.7 Å². The fourth-order valence-electron chi connectivity index (χ4n) is 2.54. The van der Waals surface area contributed by atoms with Crippen LogP contribution in [0.2, 0.25) is 0 Å². The summed E-state index contributed by atoms with van der Waals surface area (Å²) in [5, 5.41) is 18.6. The van der Waals surface area contributed by atoms with Gasteiger partial charge in [0, 0.05) is 12.6 Å².